The van der Waals surface area contributed by atoms with Crippen LogP contribution in [0.25, 0.3) is 0 Å². The molecule has 2 nitrogen and oxygen atoms in total. The van der Waals surface area contributed by atoms with Crippen molar-refractivity contribution < 1.29 is 6.17 Å². The molecular weight excluding hydrogens is 90.1 g/mol. The molecule has 40 valence electrons. The topological polar surface area (TPSA) is 29.1 Å². The van der Waals surface area contributed by atoms with Gasteiger partial charge in [-0.15, -0.1) is 0 Å². The monoisotopic (exact) mass is 100 g/mol. The molecule has 7 heavy (non-hydrogen) atoms. The van der Waals surface area contributed by atoms with Crippen molar-refractivity contribution in [3.05, 3.63) is 0 Å². The zero-order chi connectivity index (χ0) is 5.98. The maximum Gasteiger partial charge on any atom is 0.136 e. The van der Waals surface area contributed by atoms with Gasteiger partial charge in [0.2, 0.25) is 0 Å². The summed E-state index contributed by atoms with van der Waals surface area (Å²) in [4.78, 5) is 10.3. The molecule has 0 unspecified atom stereocenters. The van der Waals surface area contributed by atoms with E-state index in [-0.39, 0.29) is 6.04 Å². The van der Waals surface area contributed by atoms with Gasteiger partial charge >= 0.3 is 0 Å². The van der Waals surface area contributed by atoms with Crippen molar-refractivity contribution in [2.24, 2.45) is 0 Å². The number of hydrogen-bond acceptors (Lipinski definition) is 2. The molecule has 2 heteroatoms. The average molecular weight is 100 g/mol. The summed E-state index contributed by atoms with van der Waals surface area (Å²) in [5.41, 5.74) is 0. The zero-order valence-corrected chi connectivity index (χ0v) is 4.11. The van der Waals surface area contributed by atoms with Crippen molar-refractivity contribution in [1.29, 1.82) is 0 Å². The summed E-state index contributed by atoms with van der Waals surface area (Å²) in [5, 5.41) is 2.92. The predicted octanol–water partition coefficient (Wildman–Crippen LogP) is -0.0627. The van der Waals surface area contributed by atoms with Gasteiger partial charge in [0.05, 0.1) is 6.04 Å². The van der Waals surface area contributed by atoms with E-state index in [1.54, 1.807) is 0 Å². The molecule has 1 fully saturated rings. The van der Waals surface area contributed by atoms with Gasteiger partial charge in [-0.05, 0) is 19.4 Å². The van der Waals surface area contributed by atoms with Crippen molar-refractivity contribution >= 4 is 6.26 Å². The second-order valence-electron chi connectivity index (χ2n) is 1.77. The lowest BCUT2D eigenvalue weighted by molar-refractivity contribution is -0.109. The molecule has 0 amide bonds. The fourth-order valence-electron chi connectivity index (χ4n) is 0.785. The molecule has 1 atom stereocenters. The Morgan fingerprint density at radius 1 is 2.00 bits per heavy atom. The molecule has 0 aromatic rings. The van der Waals surface area contributed by atoms with E-state index in [1.807, 2.05) is 0 Å². The molecule has 1 heterocycles. The van der Waals surface area contributed by atoms with Gasteiger partial charge in [0.15, 0.2) is 0 Å². The minimum Gasteiger partial charge on any atom is -0.308 e. The third kappa shape index (κ3) is 0.996. The average Bonchev–Trinajstić information content (AvgIpc) is 2.12. The molecule has 0 saturated carbocycles. The van der Waals surface area contributed by atoms with Crippen molar-refractivity contribution in [3.63, 3.8) is 0 Å². The first-order valence-electron chi connectivity index (χ1n) is 3.04. The summed E-state index contributed by atoms with van der Waals surface area (Å²) in [7, 11) is 0. The molecule has 0 bridgehead atoms. The van der Waals surface area contributed by atoms with E-state index < -0.39 is 6.26 Å². The van der Waals surface area contributed by atoms with Crippen LogP contribution in [0, 0.1) is 0 Å². The van der Waals surface area contributed by atoms with Gasteiger partial charge in [-0.1, -0.05) is 0 Å². The maximum absolute atomic E-state index is 10.3. The summed E-state index contributed by atoms with van der Waals surface area (Å²) in [6.07, 6.45) is 1.42. The third-order valence-electron chi connectivity index (χ3n) is 1.20. The third-order valence-corrected chi connectivity index (χ3v) is 1.20. The normalized spacial score (nSPS) is 32.6. The standard InChI is InChI=1S/C5H9NO/c7-4-5-2-1-3-6-5/h4-6H,1-3H2/t5-/m0/s1/i4D. The van der Waals surface area contributed by atoms with Crippen LogP contribution in [-0.2, 0) is 4.79 Å². The molecule has 1 saturated heterocycles. The van der Waals surface area contributed by atoms with Crippen LogP contribution in [0.1, 0.15) is 14.2 Å². The van der Waals surface area contributed by atoms with Crippen molar-refractivity contribution in [2.45, 2.75) is 18.9 Å². The molecule has 0 aromatic heterocycles. The molecule has 1 aliphatic heterocycles. The molecule has 0 aromatic carbocycles. The number of nitrogens with one attached hydrogen (secondary N) is 1. The smallest absolute Gasteiger partial charge is 0.136 e. The van der Waals surface area contributed by atoms with Gasteiger partial charge in [0, 0.05) is 0 Å². The van der Waals surface area contributed by atoms with Gasteiger partial charge < -0.3 is 10.1 Å². The lowest BCUT2D eigenvalue weighted by Crippen LogP contribution is -2.21. The van der Waals surface area contributed by atoms with E-state index in [0.717, 1.165) is 19.4 Å². The Hall–Kier alpha value is -0.370. The molecular formula is C5H9NO. The largest absolute Gasteiger partial charge is 0.308 e. The fraction of sp³-hybridized carbons (Fsp3) is 0.800. The fourth-order valence-corrected chi connectivity index (χ4v) is 0.785. The minimum absolute atomic E-state index is 0.157. The van der Waals surface area contributed by atoms with Gasteiger partial charge in [0.25, 0.3) is 0 Å². The molecule has 1 aliphatic rings. The van der Waals surface area contributed by atoms with Crippen molar-refractivity contribution in [1.82, 2.24) is 5.32 Å². The van der Waals surface area contributed by atoms with Crippen molar-refractivity contribution in [2.75, 3.05) is 6.54 Å². The summed E-state index contributed by atoms with van der Waals surface area (Å²) >= 11 is 0. The predicted molar refractivity (Wildman–Crippen MR) is 27.1 cm³/mol. The summed E-state index contributed by atoms with van der Waals surface area (Å²) < 4.78 is 6.67. The Labute approximate surface area is 44.3 Å². The SMILES string of the molecule is [2H]C(=O)[C@@H]1CCCN1. The molecule has 1 rings (SSSR count). The molecule has 0 aliphatic carbocycles. The Kier molecular flexibility index (Phi) is 1.07. The number of hydrogen-bond donors (Lipinski definition) is 1. The van der Waals surface area contributed by atoms with Gasteiger partial charge in [-0.2, -0.15) is 0 Å². The van der Waals surface area contributed by atoms with Gasteiger partial charge in [-0.3, -0.25) is 0 Å². The molecule has 0 radical (unpaired) electrons. The molecule has 0 spiro atoms. The summed E-state index contributed by atoms with van der Waals surface area (Å²) in [6.45, 7) is 0.898. The lowest BCUT2D eigenvalue weighted by atomic mass is 10.2. The van der Waals surface area contributed by atoms with Crippen LogP contribution in [0.2, 0.25) is 0 Å². The maximum atomic E-state index is 10.3. The van der Waals surface area contributed by atoms with Crippen LogP contribution in [-0.4, -0.2) is 18.8 Å². The Morgan fingerprint density at radius 2 is 2.86 bits per heavy atom. The summed E-state index contributed by atoms with van der Waals surface area (Å²) in [6, 6.07) is -0.157. The van der Waals surface area contributed by atoms with Crippen LogP contribution in [0.4, 0.5) is 0 Å². The van der Waals surface area contributed by atoms with E-state index >= 15 is 0 Å². The minimum atomic E-state index is -0.470. The van der Waals surface area contributed by atoms with Crippen LogP contribution in [0.3, 0.4) is 0 Å². The van der Waals surface area contributed by atoms with Gasteiger partial charge in [0.1, 0.15) is 7.63 Å². The van der Waals surface area contributed by atoms with E-state index in [1.165, 1.54) is 0 Å². The van der Waals surface area contributed by atoms with E-state index in [9.17, 15) is 4.79 Å². The zero-order valence-electron chi connectivity index (χ0n) is 5.11. The number of rotatable bonds is 1. The quantitative estimate of drug-likeness (QED) is 0.467. The first kappa shape index (κ1) is 3.61. The number of aldehydes is 1. The van der Waals surface area contributed by atoms with E-state index in [0.29, 0.717) is 0 Å². The number of carbonyl (C=O) groups excluding carboxylic acids is 1. The van der Waals surface area contributed by atoms with E-state index in [4.69, 9.17) is 1.37 Å². The van der Waals surface area contributed by atoms with E-state index in [2.05, 4.69) is 5.32 Å². The second-order valence-corrected chi connectivity index (χ2v) is 1.77. The Bertz CT molecular complexity index is 98.6. The van der Waals surface area contributed by atoms with Gasteiger partial charge in [-0.25, -0.2) is 0 Å². The highest BCUT2D eigenvalue weighted by Crippen LogP contribution is 2.00. The first-order valence-corrected chi connectivity index (χ1v) is 2.54. The Morgan fingerprint density at radius 3 is 3.14 bits per heavy atom. The lowest BCUT2D eigenvalue weighted by Gasteiger charge is -1.93. The highest BCUT2D eigenvalue weighted by Gasteiger charge is 2.10. The number of carbonyl (C=O) groups is 1. The van der Waals surface area contributed by atoms with Crippen LogP contribution in [0.5, 0.6) is 0 Å². The van der Waals surface area contributed by atoms with Crippen LogP contribution >= 0.6 is 0 Å². The highest BCUT2D eigenvalue weighted by molar-refractivity contribution is 5.57. The summed E-state index contributed by atoms with van der Waals surface area (Å²) in [5.74, 6) is 0. The first-order chi connectivity index (χ1) is 3.80. The second kappa shape index (κ2) is 2.07. The Balaban J connectivity index is 2.35. The van der Waals surface area contributed by atoms with Crippen LogP contribution in [0.15, 0.2) is 0 Å². The van der Waals surface area contributed by atoms with Crippen LogP contribution < -0.4 is 5.32 Å². The molecule has 1 N–H and O–H groups in total. The highest BCUT2D eigenvalue weighted by atomic mass is 16.1. The van der Waals surface area contributed by atoms with Crippen molar-refractivity contribution in [3.8, 4) is 0 Å².